The molecule has 8 heteroatoms. The van der Waals surface area contributed by atoms with Crippen molar-refractivity contribution in [2.24, 2.45) is 0 Å². The van der Waals surface area contributed by atoms with Gasteiger partial charge < -0.3 is 20.5 Å². The first kappa shape index (κ1) is 23.0. The first-order chi connectivity index (χ1) is 15.5. The van der Waals surface area contributed by atoms with Gasteiger partial charge in [0.1, 0.15) is 11.9 Å². The van der Waals surface area contributed by atoms with Gasteiger partial charge in [-0.1, -0.05) is 49.7 Å². The van der Waals surface area contributed by atoms with Gasteiger partial charge in [-0.15, -0.1) is 0 Å². The molecule has 2 aromatic carbocycles. The Morgan fingerprint density at radius 2 is 1.59 bits per heavy atom. The van der Waals surface area contributed by atoms with Crippen LogP contribution in [-0.2, 0) is 24.4 Å². The van der Waals surface area contributed by atoms with Gasteiger partial charge in [0, 0.05) is 32.0 Å². The molecule has 1 heterocycles. The molecule has 3 N–H and O–H groups in total. The van der Waals surface area contributed by atoms with E-state index in [2.05, 4.69) is 20.9 Å². The third-order valence-corrected chi connectivity index (χ3v) is 4.98. The molecule has 0 aliphatic heterocycles. The fraction of sp³-hybridized carbons (Fsp3) is 0.292. The minimum absolute atomic E-state index is 0.230. The SMILES string of the molecule is CCCC(NC(=O)NCc1ccc(F)cc1)C(=O)NCc1ccc(Cn2ccnc2)cc1. The first-order valence-corrected chi connectivity index (χ1v) is 10.6. The van der Waals surface area contributed by atoms with Crippen LogP contribution in [0.4, 0.5) is 9.18 Å². The highest BCUT2D eigenvalue weighted by Crippen LogP contribution is 2.07. The second-order valence-corrected chi connectivity index (χ2v) is 7.56. The molecule has 0 bridgehead atoms. The van der Waals surface area contributed by atoms with Gasteiger partial charge in [0.2, 0.25) is 5.91 Å². The molecule has 168 valence electrons. The number of amides is 3. The molecule has 3 rings (SSSR count). The number of rotatable bonds is 10. The summed E-state index contributed by atoms with van der Waals surface area (Å²) in [6.45, 7) is 3.32. The summed E-state index contributed by atoms with van der Waals surface area (Å²) >= 11 is 0. The van der Waals surface area contributed by atoms with Gasteiger partial charge in [-0.25, -0.2) is 14.2 Å². The minimum Gasteiger partial charge on any atom is -0.350 e. The number of halogens is 1. The molecule has 0 spiro atoms. The van der Waals surface area contributed by atoms with E-state index in [1.54, 1.807) is 24.7 Å². The molecular formula is C24H28FN5O2. The van der Waals surface area contributed by atoms with E-state index in [9.17, 15) is 14.0 Å². The van der Waals surface area contributed by atoms with Crippen LogP contribution in [0.3, 0.4) is 0 Å². The van der Waals surface area contributed by atoms with Crippen LogP contribution in [0, 0.1) is 5.82 Å². The Morgan fingerprint density at radius 1 is 0.969 bits per heavy atom. The molecule has 3 aromatic rings. The molecule has 0 aliphatic carbocycles. The number of carbonyl (C=O) groups is 2. The molecule has 3 amide bonds. The number of nitrogens with zero attached hydrogens (tertiary/aromatic N) is 2. The molecule has 1 atom stereocenters. The highest BCUT2D eigenvalue weighted by atomic mass is 19.1. The maximum absolute atomic E-state index is 13.0. The van der Waals surface area contributed by atoms with Gasteiger partial charge in [0.05, 0.1) is 6.33 Å². The Labute approximate surface area is 187 Å². The van der Waals surface area contributed by atoms with E-state index >= 15 is 0 Å². The van der Waals surface area contributed by atoms with Crippen LogP contribution in [0.15, 0.2) is 67.3 Å². The van der Waals surface area contributed by atoms with Crippen LogP contribution >= 0.6 is 0 Å². The van der Waals surface area contributed by atoms with E-state index in [4.69, 9.17) is 0 Å². The zero-order chi connectivity index (χ0) is 22.8. The molecule has 0 saturated carbocycles. The zero-order valence-corrected chi connectivity index (χ0v) is 18.1. The van der Waals surface area contributed by atoms with Gasteiger partial charge in [-0.2, -0.15) is 0 Å². The van der Waals surface area contributed by atoms with Crippen LogP contribution in [0.25, 0.3) is 0 Å². The number of urea groups is 1. The minimum atomic E-state index is -0.631. The van der Waals surface area contributed by atoms with Crippen molar-refractivity contribution in [1.82, 2.24) is 25.5 Å². The summed E-state index contributed by atoms with van der Waals surface area (Å²) in [5.41, 5.74) is 2.89. The fourth-order valence-corrected chi connectivity index (χ4v) is 3.22. The Bertz CT molecular complexity index is 988. The molecule has 1 aromatic heterocycles. The maximum atomic E-state index is 13.0. The van der Waals surface area contributed by atoms with E-state index in [-0.39, 0.29) is 18.3 Å². The summed E-state index contributed by atoms with van der Waals surface area (Å²) in [4.78, 5) is 28.9. The Hall–Kier alpha value is -3.68. The largest absolute Gasteiger partial charge is 0.350 e. The van der Waals surface area contributed by atoms with Gasteiger partial charge in [-0.3, -0.25) is 4.79 Å². The van der Waals surface area contributed by atoms with Crippen molar-refractivity contribution in [2.45, 2.75) is 45.4 Å². The van der Waals surface area contributed by atoms with Crippen molar-refractivity contribution in [2.75, 3.05) is 0 Å². The summed E-state index contributed by atoms with van der Waals surface area (Å²) < 4.78 is 15.0. The van der Waals surface area contributed by atoms with Gasteiger partial charge in [0.15, 0.2) is 0 Å². The highest BCUT2D eigenvalue weighted by molar-refractivity contribution is 5.86. The number of hydrogen-bond acceptors (Lipinski definition) is 3. The van der Waals surface area contributed by atoms with Crippen molar-refractivity contribution in [3.8, 4) is 0 Å². The topological polar surface area (TPSA) is 88.0 Å². The number of carbonyl (C=O) groups excluding carboxylic acids is 2. The van der Waals surface area contributed by atoms with Crippen LogP contribution in [0.1, 0.15) is 36.5 Å². The van der Waals surface area contributed by atoms with Gasteiger partial charge in [0.25, 0.3) is 0 Å². The summed E-state index contributed by atoms with van der Waals surface area (Å²) in [6, 6.07) is 12.8. The zero-order valence-electron chi connectivity index (χ0n) is 18.1. The lowest BCUT2D eigenvalue weighted by atomic mass is 10.1. The number of benzene rings is 2. The molecule has 32 heavy (non-hydrogen) atoms. The molecule has 0 fully saturated rings. The normalized spacial score (nSPS) is 11.6. The number of nitrogens with one attached hydrogen (secondary N) is 3. The number of aromatic nitrogens is 2. The summed E-state index contributed by atoms with van der Waals surface area (Å²) in [7, 11) is 0. The number of hydrogen-bond donors (Lipinski definition) is 3. The third-order valence-electron chi connectivity index (χ3n) is 4.98. The molecule has 7 nitrogen and oxygen atoms in total. The molecule has 0 saturated heterocycles. The first-order valence-electron chi connectivity index (χ1n) is 10.6. The molecular weight excluding hydrogens is 409 g/mol. The standard InChI is InChI=1S/C24H28FN5O2/c1-2-3-22(29-24(32)28-15-19-8-10-21(25)11-9-19)23(31)27-14-18-4-6-20(7-5-18)16-30-13-12-26-17-30/h4-13,17,22H,2-3,14-16H2,1H3,(H,27,31)(H2,28,29,32). The van der Waals surface area contributed by atoms with E-state index in [1.807, 2.05) is 42.0 Å². The fourth-order valence-electron chi connectivity index (χ4n) is 3.22. The van der Waals surface area contributed by atoms with Gasteiger partial charge >= 0.3 is 6.03 Å². The molecule has 0 aliphatic rings. The monoisotopic (exact) mass is 437 g/mol. The molecule has 0 radical (unpaired) electrons. The van der Waals surface area contributed by atoms with Crippen molar-refractivity contribution >= 4 is 11.9 Å². The lowest BCUT2D eigenvalue weighted by molar-refractivity contribution is -0.123. The van der Waals surface area contributed by atoms with E-state index in [1.165, 1.54) is 12.1 Å². The van der Waals surface area contributed by atoms with Crippen LogP contribution < -0.4 is 16.0 Å². The predicted octanol–water partition coefficient (Wildman–Crippen LogP) is 3.35. The average Bonchev–Trinajstić information content (AvgIpc) is 3.31. The van der Waals surface area contributed by atoms with Crippen LogP contribution in [-0.4, -0.2) is 27.5 Å². The van der Waals surface area contributed by atoms with E-state index in [0.29, 0.717) is 13.0 Å². The summed E-state index contributed by atoms with van der Waals surface area (Å²) in [5.74, 6) is -0.558. The third kappa shape index (κ3) is 7.23. The molecule has 1 unspecified atom stereocenters. The Morgan fingerprint density at radius 3 is 2.22 bits per heavy atom. The smallest absolute Gasteiger partial charge is 0.315 e. The quantitative estimate of drug-likeness (QED) is 0.455. The predicted molar refractivity (Wildman–Crippen MR) is 120 cm³/mol. The maximum Gasteiger partial charge on any atom is 0.315 e. The van der Waals surface area contributed by atoms with Crippen molar-refractivity contribution < 1.29 is 14.0 Å². The average molecular weight is 438 g/mol. The lowest BCUT2D eigenvalue weighted by Crippen LogP contribution is -2.49. The van der Waals surface area contributed by atoms with Gasteiger partial charge in [-0.05, 0) is 35.2 Å². The Kier molecular flexibility index (Phi) is 8.36. The van der Waals surface area contributed by atoms with Crippen LogP contribution in [0.5, 0.6) is 0 Å². The summed E-state index contributed by atoms with van der Waals surface area (Å²) in [5, 5.41) is 8.32. The van der Waals surface area contributed by atoms with Crippen molar-refractivity contribution in [3.05, 3.63) is 89.8 Å². The highest BCUT2D eigenvalue weighted by Gasteiger charge is 2.19. The second kappa shape index (κ2) is 11.6. The van der Waals surface area contributed by atoms with Crippen molar-refractivity contribution in [3.63, 3.8) is 0 Å². The van der Waals surface area contributed by atoms with Crippen LogP contribution in [0.2, 0.25) is 0 Å². The second-order valence-electron chi connectivity index (χ2n) is 7.56. The summed E-state index contributed by atoms with van der Waals surface area (Å²) in [6.07, 6.45) is 6.70. The Balaban J connectivity index is 1.46. The lowest BCUT2D eigenvalue weighted by Gasteiger charge is -2.18. The number of imidazole rings is 1. The van der Waals surface area contributed by atoms with Crippen molar-refractivity contribution in [1.29, 1.82) is 0 Å². The van der Waals surface area contributed by atoms with E-state index in [0.717, 1.165) is 29.7 Å². The van der Waals surface area contributed by atoms with E-state index < -0.39 is 12.1 Å².